The van der Waals surface area contributed by atoms with Crippen molar-refractivity contribution in [3.8, 4) is 0 Å². The van der Waals surface area contributed by atoms with Gasteiger partial charge in [0.05, 0.1) is 26.5 Å². The minimum atomic E-state index is -4.83. The van der Waals surface area contributed by atoms with Gasteiger partial charge in [0, 0.05) is 11.1 Å². The third-order valence-corrected chi connectivity index (χ3v) is 9.39. The molecule has 0 saturated carbocycles. The Labute approximate surface area is 240 Å². The number of halogens is 6. The van der Waals surface area contributed by atoms with E-state index in [-0.39, 0.29) is 35.1 Å². The molecule has 0 bridgehead atoms. The smallest absolute Gasteiger partial charge is 0.288 e. The van der Waals surface area contributed by atoms with E-state index in [1.165, 1.54) is 12.1 Å². The van der Waals surface area contributed by atoms with Crippen LogP contribution in [0.25, 0.3) is 15.7 Å². The molecule has 1 aliphatic heterocycles. The first-order valence-corrected chi connectivity index (χ1v) is 14.4. The Morgan fingerprint density at radius 1 is 0.674 bits per heavy atom. The number of ketones is 2. The number of hydrogen-bond donors (Lipinski definition) is 0. The first-order chi connectivity index (χ1) is 20.2. The van der Waals surface area contributed by atoms with Crippen LogP contribution in [0.15, 0.2) is 112 Å². The number of fused-ring (bicyclic) bond motifs is 2. The molecular formula is C32H18F6O4S. The van der Waals surface area contributed by atoms with E-state index in [4.69, 9.17) is 0 Å². The normalized spacial score (nSPS) is 18.7. The molecule has 4 nitrogen and oxygen atoms in total. The van der Waals surface area contributed by atoms with Crippen molar-refractivity contribution in [2.75, 3.05) is 0 Å². The monoisotopic (exact) mass is 612 g/mol. The molecule has 3 aromatic carbocycles. The van der Waals surface area contributed by atoms with Gasteiger partial charge in [-0.2, -0.15) is 26.3 Å². The van der Waals surface area contributed by atoms with Crippen LogP contribution in [-0.2, 0) is 16.0 Å². The summed E-state index contributed by atoms with van der Waals surface area (Å²) in [6.45, 7) is 0. The van der Waals surface area contributed by atoms with Crippen LogP contribution in [0, 0.1) is 0 Å². The number of rotatable bonds is 2. The summed E-state index contributed by atoms with van der Waals surface area (Å²) < 4.78 is 109. The number of carbonyl (C=O) groups is 2. The molecule has 2 aliphatic carbocycles. The van der Waals surface area contributed by atoms with Crippen LogP contribution in [0.4, 0.5) is 26.3 Å². The maximum Gasteiger partial charge on any atom is 0.416 e. The van der Waals surface area contributed by atoms with E-state index in [1.807, 2.05) is 0 Å². The standard InChI is InChI=1S/C32H18F6O4S/c33-31(34,35)22-9-3-7-19(11-22)26-15-21(16-27(43(26,41)42)20-8-4-10-23(12-20)32(36,37)38)28-29(39)24-13-17-5-1-2-6-18(17)14-25(24)30(28)40/h1-3,5-7,9-16H,4,8H2. The van der Waals surface area contributed by atoms with E-state index in [2.05, 4.69) is 0 Å². The van der Waals surface area contributed by atoms with Crippen LogP contribution >= 0.6 is 0 Å². The highest BCUT2D eigenvalue weighted by atomic mass is 32.2. The molecule has 218 valence electrons. The van der Waals surface area contributed by atoms with Gasteiger partial charge < -0.3 is 0 Å². The number of sulfone groups is 1. The summed E-state index contributed by atoms with van der Waals surface area (Å²) in [6.07, 6.45) is -6.41. The molecule has 0 spiro atoms. The zero-order valence-corrected chi connectivity index (χ0v) is 22.6. The molecule has 0 fully saturated rings. The lowest BCUT2D eigenvalue weighted by Gasteiger charge is -2.23. The Bertz CT molecular complexity index is 1980. The van der Waals surface area contributed by atoms with Crippen molar-refractivity contribution < 1.29 is 44.3 Å². The molecule has 0 saturated heterocycles. The highest BCUT2D eigenvalue weighted by molar-refractivity contribution is 8.04. The van der Waals surface area contributed by atoms with Gasteiger partial charge in [-0.25, -0.2) is 8.42 Å². The quantitative estimate of drug-likeness (QED) is 0.167. The van der Waals surface area contributed by atoms with Gasteiger partial charge in [-0.3, -0.25) is 9.59 Å². The van der Waals surface area contributed by atoms with Crippen molar-refractivity contribution in [1.29, 1.82) is 0 Å². The summed E-state index contributed by atoms with van der Waals surface area (Å²) in [4.78, 5) is 25.9. The van der Waals surface area contributed by atoms with Gasteiger partial charge in [0.2, 0.25) is 9.84 Å². The molecule has 1 heterocycles. The van der Waals surface area contributed by atoms with Crippen LogP contribution in [-0.4, -0.2) is 26.2 Å². The molecule has 6 rings (SSSR count). The van der Waals surface area contributed by atoms with Gasteiger partial charge in [-0.1, -0.05) is 42.5 Å². The second-order valence-corrected chi connectivity index (χ2v) is 12.1. The fourth-order valence-electron chi connectivity index (χ4n) is 5.44. The SMILES string of the molecule is O=C1C(=C2C=C(C3=CC(C(F)(F)F)=CCC3)S(=O)(=O)C(c3cccc(C(F)(F)F)c3)=C2)C(=O)c2cc3ccccc3cc21. The Morgan fingerprint density at radius 3 is 1.86 bits per heavy atom. The highest BCUT2D eigenvalue weighted by Crippen LogP contribution is 2.44. The van der Waals surface area contributed by atoms with Gasteiger partial charge in [0.25, 0.3) is 0 Å². The van der Waals surface area contributed by atoms with Crippen molar-refractivity contribution in [1.82, 2.24) is 0 Å². The number of alkyl halides is 6. The summed E-state index contributed by atoms with van der Waals surface area (Å²) in [5.41, 5.74) is -3.42. The van der Waals surface area contributed by atoms with Gasteiger partial charge in [0.1, 0.15) is 0 Å². The van der Waals surface area contributed by atoms with Crippen molar-refractivity contribution in [3.63, 3.8) is 0 Å². The molecule has 43 heavy (non-hydrogen) atoms. The second-order valence-electron chi connectivity index (χ2n) is 10.2. The topological polar surface area (TPSA) is 68.3 Å². The van der Waals surface area contributed by atoms with Crippen molar-refractivity contribution in [2.24, 2.45) is 0 Å². The number of Topliss-reactive ketones (excluding diaryl/α,β-unsaturated/α-hetero) is 2. The molecule has 3 aromatic rings. The van der Waals surface area contributed by atoms with Crippen LogP contribution < -0.4 is 0 Å². The van der Waals surface area contributed by atoms with Crippen LogP contribution in [0.2, 0.25) is 0 Å². The Morgan fingerprint density at radius 2 is 1.28 bits per heavy atom. The lowest BCUT2D eigenvalue weighted by atomic mass is 9.95. The third-order valence-electron chi connectivity index (χ3n) is 7.50. The van der Waals surface area contributed by atoms with Crippen LogP contribution in [0.3, 0.4) is 0 Å². The molecule has 0 atom stereocenters. The average molecular weight is 613 g/mol. The van der Waals surface area contributed by atoms with E-state index in [0.29, 0.717) is 22.9 Å². The first kappa shape index (κ1) is 28.6. The average Bonchev–Trinajstić information content (AvgIpc) is 3.19. The molecule has 0 radical (unpaired) electrons. The molecule has 0 unspecified atom stereocenters. The first-order valence-electron chi connectivity index (χ1n) is 12.9. The van der Waals surface area contributed by atoms with E-state index in [0.717, 1.165) is 36.4 Å². The maximum absolute atomic E-state index is 13.9. The molecule has 11 heteroatoms. The van der Waals surface area contributed by atoms with Crippen molar-refractivity contribution in [2.45, 2.75) is 25.2 Å². The van der Waals surface area contributed by atoms with Crippen molar-refractivity contribution in [3.05, 3.63) is 134 Å². The molecule has 0 aromatic heterocycles. The zero-order chi connectivity index (χ0) is 30.9. The summed E-state index contributed by atoms with van der Waals surface area (Å²) in [5.74, 6) is -1.47. The number of carbonyl (C=O) groups excluding carboxylic acids is 2. The number of benzene rings is 3. The zero-order valence-electron chi connectivity index (χ0n) is 21.8. The second kappa shape index (κ2) is 9.77. The fraction of sp³-hybridized carbons (Fsp3) is 0.125. The summed E-state index contributed by atoms with van der Waals surface area (Å²) in [7, 11) is -4.71. The largest absolute Gasteiger partial charge is 0.416 e. The molecule has 3 aliphatic rings. The fourth-order valence-corrected chi connectivity index (χ4v) is 7.18. The minimum Gasteiger partial charge on any atom is -0.288 e. The van der Waals surface area contributed by atoms with Crippen LogP contribution in [0.5, 0.6) is 0 Å². The Kier molecular flexibility index (Phi) is 6.50. The predicted molar refractivity (Wildman–Crippen MR) is 148 cm³/mol. The predicted octanol–water partition coefficient (Wildman–Crippen LogP) is 8.10. The maximum atomic E-state index is 13.9. The highest BCUT2D eigenvalue weighted by Gasteiger charge is 2.40. The van der Waals surface area contributed by atoms with Gasteiger partial charge in [-0.15, -0.1) is 0 Å². The molecule has 0 N–H and O–H groups in total. The summed E-state index contributed by atoms with van der Waals surface area (Å²) in [5, 5.41) is 1.32. The van der Waals surface area contributed by atoms with Gasteiger partial charge >= 0.3 is 12.4 Å². The van der Waals surface area contributed by atoms with E-state index in [9.17, 15) is 44.3 Å². The molecular weight excluding hydrogens is 594 g/mol. The minimum absolute atomic E-state index is 0.0581. The van der Waals surface area contributed by atoms with E-state index < -0.39 is 65.8 Å². The number of allylic oxidation sites excluding steroid dienone is 8. The lowest BCUT2D eigenvalue weighted by Crippen LogP contribution is -2.18. The van der Waals surface area contributed by atoms with E-state index >= 15 is 0 Å². The van der Waals surface area contributed by atoms with Crippen LogP contribution in [0.1, 0.15) is 44.7 Å². The van der Waals surface area contributed by atoms with E-state index in [1.54, 1.807) is 24.3 Å². The van der Waals surface area contributed by atoms with Gasteiger partial charge in [-0.05, 0) is 82.8 Å². The van der Waals surface area contributed by atoms with Gasteiger partial charge in [0.15, 0.2) is 11.6 Å². The third kappa shape index (κ3) is 4.87. The Balaban J connectivity index is 1.61. The summed E-state index contributed by atoms with van der Waals surface area (Å²) >= 11 is 0. The lowest BCUT2D eigenvalue weighted by molar-refractivity contribution is -0.137. The van der Waals surface area contributed by atoms with Crippen molar-refractivity contribution >= 4 is 37.1 Å². The molecule has 0 amide bonds. The Hall–Kier alpha value is -4.51. The summed E-state index contributed by atoms with van der Waals surface area (Å²) in [6, 6.07) is 13.4. The number of hydrogen-bond acceptors (Lipinski definition) is 4.